The molecule has 0 saturated carbocycles. The fraction of sp³-hybridized carbons (Fsp3) is 0.267. The van der Waals surface area contributed by atoms with Crippen LogP contribution in [-0.2, 0) is 6.42 Å². The average Bonchev–Trinajstić information content (AvgIpc) is 2.52. The van der Waals surface area contributed by atoms with Crippen molar-refractivity contribution in [3.8, 4) is 11.5 Å². The van der Waals surface area contributed by atoms with Gasteiger partial charge in [0.15, 0.2) is 0 Å². The fourth-order valence-electron chi connectivity index (χ4n) is 2.14. The highest BCUT2D eigenvalue weighted by Gasteiger charge is 2.15. The second kappa shape index (κ2) is 6.88. The molecule has 2 aromatic rings. The van der Waals surface area contributed by atoms with E-state index in [0.29, 0.717) is 0 Å². The molecule has 0 amide bonds. The number of nitrogens with zero attached hydrogens (tertiary/aromatic N) is 1. The van der Waals surface area contributed by atoms with Gasteiger partial charge >= 0.3 is 0 Å². The van der Waals surface area contributed by atoms with Gasteiger partial charge in [-0.3, -0.25) is 16.3 Å². The van der Waals surface area contributed by atoms with E-state index in [1.54, 1.807) is 26.6 Å². The molecule has 0 radical (unpaired) electrons. The summed E-state index contributed by atoms with van der Waals surface area (Å²) in [6.07, 6.45) is 4.15. The lowest BCUT2D eigenvalue weighted by Crippen LogP contribution is -2.30. The molecule has 20 heavy (non-hydrogen) atoms. The van der Waals surface area contributed by atoms with Crippen LogP contribution in [0.25, 0.3) is 0 Å². The van der Waals surface area contributed by atoms with Gasteiger partial charge in [0, 0.05) is 11.8 Å². The number of methoxy groups -OCH3 is 2. The van der Waals surface area contributed by atoms with Crippen molar-refractivity contribution in [2.75, 3.05) is 14.2 Å². The molecule has 5 heteroatoms. The third-order valence-electron chi connectivity index (χ3n) is 3.19. The maximum atomic E-state index is 5.69. The van der Waals surface area contributed by atoms with Crippen molar-refractivity contribution < 1.29 is 9.47 Å². The zero-order valence-electron chi connectivity index (χ0n) is 11.7. The second-order valence-corrected chi connectivity index (χ2v) is 4.39. The number of hydrogen-bond acceptors (Lipinski definition) is 5. The van der Waals surface area contributed by atoms with Gasteiger partial charge in [0.2, 0.25) is 0 Å². The molecule has 0 aliphatic heterocycles. The molecule has 106 valence electrons. The Kier molecular flexibility index (Phi) is 4.92. The largest absolute Gasteiger partial charge is 0.497 e. The van der Waals surface area contributed by atoms with Crippen LogP contribution in [0.2, 0.25) is 0 Å². The Morgan fingerprint density at radius 3 is 2.80 bits per heavy atom. The number of pyridine rings is 1. The maximum Gasteiger partial charge on any atom is 0.141 e. The smallest absolute Gasteiger partial charge is 0.141 e. The van der Waals surface area contributed by atoms with Gasteiger partial charge in [-0.15, -0.1) is 0 Å². The minimum absolute atomic E-state index is 0.0555. The number of nitrogens with two attached hydrogens (primary N) is 1. The van der Waals surface area contributed by atoms with Crippen molar-refractivity contribution in [1.82, 2.24) is 10.4 Å². The Balaban J connectivity index is 2.24. The van der Waals surface area contributed by atoms with E-state index in [1.807, 2.05) is 30.3 Å². The first-order valence-corrected chi connectivity index (χ1v) is 6.35. The number of ether oxygens (including phenoxy) is 2. The fourth-order valence-corrected chi connectivity index (χ4v) is 2.14. The summed E-state index contributed by atoms with van der Waals surface area (Å²) in [6, 6.07) is 9.77. The summed E-state index contributed by atoms with van der Waals surface area (Å²) < 4.78 is 10.6. The monoisotopic (exact) mass is 273 g/mol. The van der Waals surface area contributed by atoms with Crippen molar-refractivity contribution in [1.29, 1.82) is 0 Å². The van der Waals surface area contributed by atoms with Crippen LogP contribution in [-0.4, -0.2) is 19.2 Å². The summed E-state index contributed by atoms with van der Waals surface area (Å²) in [5, 5.41) is 0. The van der Waals surface area contributed by atoms with E-state index in [0.717, 1.165) is 29.0 Å². The highest BCUT2D eigenvalue weighted by molar-refractivity contribution is 5.35. The molecule has 0 bridgehead atoms. The standard InChI is InChI=1S/C15H19N3O2/c1-19-12-5-3-4-11(8-12)9-14(18-16)13-6-7-17-10-15(13)20-2/h3-8,10,14,18H,9,16H2,1-2H3. The zero-order valence-corrected chi connectivity index (χ0v) is 11.7. The number of hydrazine groups is 1. The summed E-state index contributed by atoms with van der Waals surface area (Å²) in [5.74, 6) is 7.24. The topological polar surface area (TPSA) is 69.4 Å². The Morgan fingerprint density at radius 1 is 1.25 bits per heavy atom. The van der Waals surface area contributed by atoms with Gasteiger partial charge in [0.1, 0.15) is 11.5 Å². The molecular weight excluding hydrogens is 254 g/mol. The summed E-state index contributed by atoms with van der Waals surface area (Å²) in [4.78, 5) is 4.05. The minimum Gasteiger partial charge on any atom is -0.497 e. The molecule has 0 aliphatic rings. The van der Waals surface area contributed by atoms with Crippen molar-refractivity contribution >= 4 is 0 Å². The molecule has 1 unspecified atom stereocenters. The van der Waals surface area contributed by atoms with Crippen LogP contribution in [0.1, 0.15) is 17.2 Å². The van der Waals surface area contributed by atoms with Crippen molar-refractivity contribution in [2.24, 2.45) is 5.84 Å². The van der Waals surface area contributed by atoms with Gasteiger partial charge in [-0.2, -0.15) is 0 Å². The molecule has 1 atom stereocenters. The van der Waals surface area contributed by atoms with Gasteiger partial charge in [-0.25, -0.2) is 0 Å². The Hall–Kier alpha value is -2.11. The summed E-state index contributed by atoms with van der Waals surface area (Å²) >= 11 is 0. The van der Waals surface area contributed by atoms with E-state index >= 15 is 0 Å². The lowest BCUT2D eigenvalue weighted by Gasteiger charge is -2.19. The van der Waals surface area contributed by atoms with E-state index in [4.69, 9.17) is 15.3 Å². The third-order valence-corrected chi connectivity index (χ3v) is 3.19. The number of aromatic nitrogens is 1. The lowest BCUT2D eigenvalue weighted by atomic mass is 9.99. The molecule has 3 N–H and O–H groups in total. The molecule has 0 saturated heterocycles. The van der Waals surface area contributed by atoms with Crippen LogP contribution in [0.15, 0.2) is 42.7 Å². The van der Waals surface area contributed by atoms with Crippen LogP contribution in [0, 0.1) is 0 Å². The van der Waals surface area contributed by atoms with Crippen LogP contribution in [0.5, 0.6) is 11.5 Å². The van der Waals surface area contributed by atoms with Crippen LogP contribution in [0.3, 0.4) is 0 Å². The van der Waals surface area contributed by atoms with E-state index in [9.17, 15) is 0 Å². The van der Waals surface area contributed by atoms with Crippen molar-refractivity contribution in [3.63, 3.8) is 0 Å². The van der Waals surface area contributed by atoms with E-state index in [-0.39, 0.29) is 6.04 Å². The molecule has 0 aliphatic carbocycles. The Bertz CT molecular complexity index is 560. The van der Waals surface area contributed by atoms with Crippen LogP contribution in [0.4, 0.5) is 0 Å². The molecule has 5 nitrogen and oxygen atoms in total. The molecule has 2 rings (SSSR count). The van der Waals surface area contributed by atoms with Crippen LogP contribution < -0.4 is 20.7 Å². The highest BCUT2D eigenvalue weighted by Crippen LogP contribution is 2.26. The van der Waals surface area contributed by atoms with E-state index < -0.39 is 0 Å². The predicted octanol–water partition coefficient (Wildman–Crippen LogP) is 1.85. The second-order valence-electron chi connectivity index (χ2n) is 4.39. The maximum absolute atomic E-state index is 5.69. The number of benzene rings is 1. The molecular formula is C15H19N3O2. The Labute approximate surface area is 118 Å². The van der Waals surface area contributed by atoms with Gasteiger partial charge in [0.25, 0.3) is 0 Å². The van der Waals surface area contributed by atoms with E-state index in [2.05, 4.69) is 10.4 Å². The van der Waals surface area contributed by atoms with Crippen molar-refractivity contribution in [3.05, 3.63) is 53.9 Å². The predicted molar refractivity (Wildman–Crippen MR) is 77.6 cm³/mol. The third kappa shape index (κ3) is 3.26. The first-order chi connectivity index (χ1) is 9.78. The molecule has 1 aromatic carbocycles. The van der Waals surface area contributed by atoms with Crippen molar-refractivity contribution in [2.45, 2.75) is 12.5 Å². The van der Waals surface area contributed by atoms with Gasteiger partial charge in [-0.1, -0.05) is 12.1 Å². The first kappa shape index (κ1) is 14.3. The quantitative estimate of drug-likeness (QED) is 0.621. The highest BCUT2D eigenvalue weighted by atomic mass is 16.5. The average molecular weight is 273 g/mol. The molecule has 1 aromatic heterocycles. The van der Waals surface area contributed by atoms with Gasteiger partial charge in [0.05, 0.1) is 26.5 Å². The van der Waals surface area contributed by atoms with Crippen LogP contribution >= 0.6 is 0 Å². The normalized spacial score (nSPS) is 11.9. The summed E-state index contributed by atoms with van der Waals surface area (Å²) in [7, 11) is 3.28. The van der Waals surface area contributed by atoms with Gasteiger partial charge in [-0.05, 0) is 30.2 Å². The lowest BCUT2D eigenvalue weighted by molar-refractivity contribution is 0.396. The minimum atomic E-state index is -0.0555. The zero-order chi connectivity index (χ0) is 14.4. The van der Waals surface area contributed by atoms with E-state index in [1.165, 1.54) is 0 Å². The molecule has 1 heterocycles. The SMILES string of the molecule is COc1cccc(CC(NN)c2ccncc2OC)c1. The molecule has 0 fully saturated rings. The first-order valence-electron chi connectivity index (χ1n) is 6.35. The van der Waals surface area contributed by atoms with Gasteiger partial charge < -0.3 is 9.47 Å². The number of rotatable bonds is 6. The Morgan fingerprint density at radius 2 is 2.10 bits per heavy atom. The summed E-state index contributed by atoms with van der Waals surface area (Å²) in [5.41, 5.74) is 4.94. The molecule has 0 spiro atoms. The summed E-state index contributed by atoms with van der Waals surface area (Å²) in [6.45, 7) is 0. The number of hydrogen-bond donors (Lipinski definition) is 2. The number of nitrogens with one attached hydrogen (secondary N) is 1.